The zero-order valence-electron chi connectivity index (χ0n) is 20.8. The molecule has 1 unspecified atom stereocenters. The molecule has 3 heterocycles. The van der Waals surface area contributed by atoms with Gasteiger partial charge in [-0.3, -0.25) is 9.48 Å². The van der Waals surface area contributed by atoms with Crippen LogP contribution in [0.5, 0.6) is 0 Å². The molecule has 2 aromatic carbocycles. The molecule has 3 N–H and O–H groups in total. The lowest BCUT2D eigenvalue weighted by Crippen LogP contribution is -2.23. The van der Waals surface area contributed by atoms with Crippen LogP contribution in [0.3, 0.4) is 0 Å². The number of carbonyl (C=O) groups is 1. The second-order valence-corrected chi connectivity index (χ2v) is 10.7. The van der Waals surface area contributed by atoms with Crippen LogP contribution in [0.2, 0.25) is 0 Å². The lowest BCUT2D eigenvalue weighted by molar-refractivity contribution is -0.118. The van der Waals surface area contributed by atoms with E-state index in [0.717, 1.165) is 40.8 Å². The molecular weight excluding hydrogens is 456 g/mol. The Morgan fingerprint density at radius 3 is 2.69 bits per heavy atom. The molecule has 0 aliphatic carbocycles. The van der Waals surface area contributed by atoms with E-state index in [2.05, 4.69) is 56.7 Å². The first kappa shape index (κ1) is 23.9. The third kappa shape index (κ3) is 4.96. The van der Waals surface area contributed by atoms with Crippen molar-refractivity contribution in [1.29, 1.82) is 0 Å². The Kier molecular flexibility index (Phi) is 6.86. The van der Waals surface area contributed by atoms with Gasteiger partial charge in [0.25, 0.3) is 0 Å². The van der Waals surface area contributed by atoms with E-state index in [1.54, 1.807) is 0 Å². The minimum absolute atomic E-state index is 0.0440. The minimum Gasteiger partial charge on any atom is -0.335 e. The second kappa shape index (κ2) is 10.0. The van der Waals surface area contributed by atoms with Crippen LogP contribution in [0.25, 0.3) is 21.8 Å². The molecule has 1 atom stereocenters. The van der Waals surface area contributed by atoms with E-state index in [4.69, 9.17) is 5.73 Å². The Hall–Kier alpha value is -2.81. The molecule has 1 amide bonds. The molecule has 7 nitrogen and oxygen atoms in total. The molecule has 184 valence electrons. The molecule has 4 aromatic rings. The number of nitrogens with one attached hydrogen (secondary N) is 1. The number of hydrogen-bond donors (Lipinski definition) is 2. The molecule has 5 rings (SSSR count). The molecule has 0 radical (unpaired) electrons. The van der Waals surface area contributed by atoms with Crippen LogP contribution in [0.4, 0.5) is 5.69 Å². The van der Waals surface area contributed by atoms with Gasteiger partial charge in [0, 0.05) is 58.9 Å². The fourth-order valence-corrected chi connectivity index (χ4v) is 5.91. The SMILES string of the molecule is Cc1cc2cn(CCN)nc2cc1NC(=O)C(C)n1cc(C)c2cc(SN3CCCCC3)ccc21. The Bertz CT molecular complexity index is 1370. The predicted molar refractivity (Wildman–Crippen MR) is 145 cm³/mol. The van der Waals surface area contributed by atoms with E-state index < -0.39 is 0 Å². The van der Waals surface area contributed by atoms with Crippen molar-refractivity contribution in [3.8, 4) is 0 Å². The highest BCUT2D eigenvalue weighted by molar-refractivity contribution is 7.97. The molecule has 0 bridgehead atoms. The highest BCUT2D eigenvalue weighted by Gasteiger charge is 2.20. The van der Waals surface area contributed by atoms with Crippen LogP contribution >= 0.6 is 11.9 Å². The zero-order chi connectivity index (χ0) is 24.5. The van der Waals surface area contributed by atoms with Gasteiger partial charge in [-0.2, -0.15) is 5.10 Å². The van der Waals surface area contributed by atoms with Crippen molar-refractivity contribution >= 4 is 45.3 Å². The lowest BCUT2D eigenvalue weighted by Gasteiger charge is -2.25. The van der Waals surface area contributed by atoms with Gasteiger partial charge >= 0.3 is 0 Å². The molecular formula is C27H34N6OS. The summed E-state index contributed by atoms with van der Waals surface area (Å²) in [5.74, 6) is -0.0440. The number of nitrogens with zero attached hydrogens (tertiary/aromatic N) is 4. The monoisotopic (exact) mass is 490 g/mol. The summed E-state index contributed by atoms with van der Waals surface area (Å²) in [6.45, 7) is 9.60. The molecule has 8 heteroatoms. The fourth-order valence-electron chi connectivity index (χ4n) is 4.87. The number of carbonyl (C=O) groups excluding carboxylic acids is 1. The van der Waals surface area contributed by atoms with Gasteiger partial charge in [-0.15, -0.1) is 0 Å². The smallest absolute Gasteiger partial charge is 0.247 e. The topological polar surface area (TPSA) is 81.1 Å². The number of nitrogens with two attached hydrogens (primary N) is 1. The Balaban J connectivity index is 1.36. The van der Waals surface area contributed by atoms with Gasteiger partial charge in [0.1, 0.15) is 6.04 Å². The van der Waals surface area contributed by atoms with Crippen LogP contribution < -0.4 is 11.1 Å². The number of amides is 1. The van der Waals surface area contributed by atoms with Crippen LogP contribution in [0, 0.1) is 13.8 Å². The van der Waals surface area contributed by atoms with Crippen molar-refractivity contribution in [2.24, 2.45) is 5.73 Å². The highest BCUT2D eigenvalue weighted by atomic mass is 32.2. The Labute approximate surface area is 210 Å². The van der Waals surface area contributed by atoms with Gasteiger partial charge < -0.3 is 15.6 Å². The summed E-state index contributed by atoms with van der Waals surface area (Å²) in [4.78, 5) is 14.6. The number of aryl methyl sites for hydroxylation is 2. The van der Waals surface area contributed by atoms with Gasteiger partial charge in [0.05, 0.1) is 12.1 Å². The van der Waals surface area contributed by atoms with Crippen molar-refractivity contribution in [1.82, 2.24) is 18.7 Å². The van der Waals surface area contributed by atoms with Gasteiger partial charge in [0.15, 0.2) is 0 Å². The molecule has 0 saturated carbocycles. The summed E-state index contributed by atoms with van der Waals surface area (Å²) in [7, 11) is 0. The number of rotatable bonds is 7. The first-order valence-electron chi connectivity index (χ1n) is 12.5. The first-order valence-corrected chi connectivity index (χ1v) is 13.2. The van der Waals surface area contributed by atoms with Gasteiger partial charge in [-0.05, 0) is 87.0 Å². The Morgan fingerprint density at radius 1 is 1.11 bits per heavy atom. The maximum atomic E-state index is 13.3. The fraction of sp³-hybridized carbons (Fsp3) is 0.407. The number of fused-ring (bicyclic) bond motifs is 2. The van der Waals surface area contributed by atoms with E-state index in [-0.39, 0.29) is 11.9 Å². The summed E-state index contributed by atoms with van der Waals surface area (Å²) in [5, 5.41) is 9.97. The van der Waals surface area contributed by atoms with E-state index in [1.807, 2.05) is 42.7 Å². The number of benzene rings is 2. The lowest BCUT2D eigenvalue weighted by atomic mass is 10.1. The van der Waals surface area contributed by atoms with Crippen molar-refractivity contribution in [2.75, 3.05) is 25.0 Å². The van der Waals surface area contributed by atoms with Gasteiger partial charge in [0.2, 0.25) is 5.91 Å². The summed E-state index contributed by atoms with van der Waals surface area (Å²) >= 11 is 1.85. The van der Waals surface area contributed by atoms with E-state index in [0.29, 0.717) is 13.1 Å². The molecule has 2 aromatic heterocycles. The van der Waals surface area contributed by atoms with Crippen molar-refractivity contribution < 1.29 is 4.79 Å². The molecule has 0 spiro atoms. The minimum atomic E-state index is -0.350. The van der Waals surface area contributed by atoms with Crippen molar-refractivity contribution in [3.05, 3.63) is 53.9 Å². The average molecular weight is 491 g/mol. The van der Waals surface area contributed by atoms with Gasteiger partial charge in [-0.25, -0.2) is 4.31 Å². The Morgan fingerprint density at radius 2 is 1.91 bits per heavy atom. The van der Waals surface area contributed by atoms with E-state index in [1.165, 1.54) is 35.1 Å². The van der Waals surface area contributed by atoms with Crippen LogP contribution in [-0.2, 0) is 11.3 Å². The third-order valence-corrected chi connectivity index (χ3v) is 7.95. The number of aromatic nitrogens is 3. The molecule has 1 saturated heterocycles. The second-order valence-electron chi connectivity index (χ2n) is 9.55. The number of anilines is 1. The van der Waals surface area contributed by atoms with Crippen LogP contribution in [0.15, 0.2) is 47.6 Å². The average Bonchev–Trinajstić information content (AvgIpc) is 3.39. The molecule has 1 aliphatic heterocycles. The van der Waals surface area contributed by atoms with E-state index in [9.17, 15) is 4.79 Å². The van der Waals surface area contributed by atoms with Crippen LogP contribution in [-0.4, -0.2) is 44.2 Å². The van der Waals surface area contributed by atoms with Crippen molar-refractivity contribution in [2.45, 2.75) is 57.5 Å². The molecule has 1 fully saturated rings. The van der Waals surface area contributed by atoms with Crippen molar-refractivity contribution in [3.63, 3.8) is 0 Å². The molecule has 1 aliphatic rings. The number of hydrogen-bond acceptors (Lipinski definition) is 5. The third-order valence-electron chi connectivity index (χ3n) is 6.86. The van der Waals surface area contributed by atoms with Crippen LogP contribution in [0.1, 0.15) is 43.4 Å². The first-order chi connectivity index (χ1) is 16.9. The zero-order valence-corrected chi connectivity index (χ0v) is 21.6. The normalized spacial score (nSPS) is 15.7. The quantitative estimate of drug-likeness (QED) is 0.346. The summed E-state index contributed by atoms with van der Waals surface area (Å²) in [6, 6.07) is 10.3. The number of piperidine rings is 1. The summed E-state index contributed by atoms with van der Waals surface area (Å²) in [6.07, 6.45) is 7.98. The summed E-state index contributed by atoms with van der Waals surface area (Å²) < 4.78 is 6.40. The highest BCUT2D eigenvalue weighted by Crippen LogP contribution is 2.32. The maximum Gasteiger partial charge on any atom is 0.247 e. The largest absolute Gasteiger partial charge is 0.335 e. The maximum absolute atomic E-state index is 13.3. The summed E-state index contributed by atoms with van der Waals surface area (Å²) in [5.41, 5.74) is 10.6. The van der Waals surface area contributed by atoms with Gasteiger partial charge in [-0.1, -0.05) is 6.42 Å². The molecule has 35 heavy (non-hydrogen) atoms. The standard InChI is InChI=1S/C27H34N6OS/c1-18-13-21-17-31(12-9-28)30-25(21)15-24(18)29-27(34)20(3)33-16-19(2)23-14-22(7-8-26(23)33)35-32-10-5-4-6-11-32/h7-8,13-17,20H,4-6,9-12,28H2,1-3H3,(H,29,34). The van der Waals surface area contributed by atoms with E-state index >= 15 is 0 Å². The predicted octanol–water partition coefficient (Wildman–Crippen LogP) is 5.26.